The van der Waals surface area contributed by atoms with Gasteiger partial charge in [0, 0.05) is 30.5 Å². The molecule has 1 fully saturated rings. The van der Waals surface area contributed by atoms with Crippen LogP contribution in [0.25, 0.3) is 0 Å². The van der Waals surface area contributed by atoms with Crippen molar-refractivity contribution in [3.63, 3.8) is 0 Å². The van der Waals surface area contributed by atoms with E-state index in [4.69, 9.17) is 14.9 Å². The second-order valence-electron chi connectivity index (χ2n) is 9.39. The van der Waals surface area contributed by atoms with Crippen molar-refractivity contribution >= 4 is 23.4 Å². The van der Waals surface area contributed by atoms with Gasteiger partial charge in [0.05, 0.1) is 0 Å². The number of nitrogens with zero attached hydrogens (tertiary/aromatic N) is 4. The van der Waals surface area contributed by atoms with Crippen molar-refractivity contribution in [3.8, 4) is 0 Å². The summed E-state index contributed by atoms with van der Waals surface area (Å²) < 4.78 is 31.7. The number of aliphatic carboxylic acids is 1. The normalized spacial score (nSPS) is 14.9. The minimum atomic E-state index is -5.08. The predicted octanol–water partition coefficient (Wildman–Crippen LogP) is 6.38. The third kappa shape index (κ3) is 10.6. The number of alkyl halides is 3. The Balaban J connectivity index is 0.000000604. The molecule has 0 saturated carbocycles. The van der Waals surface area contributed by atoms with Gasteiger partial charge in [-0.2, -0.15) is 18.2 Å². The summed E-state index contributed by atoms with van der Waals surface area (Å²) in [6, 6.07) is 10.8. The number of piperidine rings is 1. The van der Waals surface area contributed by atoms with Gasteiger partial charge in [-0.25, -0.2) is 9.78 Å². The second-order valence-corrected chi connectivity index (χ2v) is 9.39. The molecule has 206 valence electrons. The number of carboxylic acid groups (broad SMARTS) is 1. The molecule has 1 aromatic heterocycles. The number of carboxylic acids is 1. The second kappa shape index (κ2) is 14.8. The molecule has 2 heterocycles. The quantitative estimate of drug-likeness (QED) is 0.374. The fraction of sp³-hybridized carbons (Fsp3) is 0.593. The number of benzene rings is 1. The van der Waals surface area contributed by atoms with Gasteiger partial charge in [-0.3, -0.25) is 0 Å². The summed E-state index contributed by atoms with van der Waals surface area (Å²) in [5.41, 5.74) is 3.40. The topological polar surface area (TPSA) is 81.6 Å². The summed E-state index contributed by atoms with van der Waals surface area (Å²) in [5.74, 6) is -0.477. The predicted molar refractivity (Wildman–Crippen MR) is 142 cm³/mol. The van der Waals surface area contributed by atoms with Crippen molar-refractivity contribution in [2.75, 3.05) is 42.9 Å². The van der Waals surface area contributed by atoms with Crippen molar-refractivity contribution in [3.05, 3.63) is 41.6 Å². The fourth-order valence-corrected chi connectivity index (χ4v) is 4.13. The summed E-state index contributed by atoms with van der Waals surface area (Å²) >= 11 is 0. The molecule has 1 aliphatic heterocycles. The first-order valence-electron chi connectivity index (χ1n) is 13.0. The SMILES string of the molecule is CCC(C)c1ccc(Nc2nc(C)cc(N(CC)CCCN3CCCCC3)n2)cc1.O=C(O)C(F)(F)F. The molecule has 0 radical (unpaired) electrons. The Morgan fingerprint density at radius 3 is 2.30 bits per heavy atom. The maximum atomic E-state index is 10.6. The lowest BCUT2D eigenvalue weighted by Gasteiger charge is -2.28. The monoisotopic (exact) mass is 523 g/mol. The van der Waals surface area contributed by atoms with Crippen LogP contribution in [0.15, 0.2) is 30.3 Å². The molecule has 2 aromatic rings. The van der Waals surface area contributed by atoms with Crippen LogP contribution in [-0.2, 0) is 4.79 Å². The number of hydrogen-bond acceptors (Lipinski definition) is 6. The summed E-state index contributed by atoms with van der Waals surface area (Å²) in [7, 11) is 0. The van der Waals surface area contributed by atoms with E-state index in [1.807, 2.05) is 6.92 Å². The number of likely N-dealkylation sites (tertiary alicyclic amines) is 1. The Bertz CT molecular complexity index is 964. The Kier molecular flexibility index (Phi) is 12.1. The van der Waals surface area contributed by atoms with Crippen LogP contribution in [-0.4, -0.2) is 64.8 Å². The summed E-state index contributed by atoms with van der Waals surface area (Å²) in [5, 5.41) is 10.5. The van der Waals surface area contributed by atoms with Crippen LogP contribution >= 0.6 is 0 Å². The molecule has 1 atom stereocenters. The number of halogens is 3. The number of aryl methyl sites for hydroxylation is 1. The van der Waals surface area contributed by atoms with E-state index in [0.29, 0.717) is 11.9 Å². The summed E-state index contributed by atoms with van der Waals surface area (Å²) in [6.45, 7) is 14.5. The number of rotatable bonds is 10. The first kappa shape index (κ1) is 30.3. The highest BCUT2D eigenvalue weighted by atomic mass is 19.4. The molecule has 3 rings (SSSR count). The zero-order valence-electron chi connectivity index (χ0n) is 22.3. The van der Waals surface area contributed by atoms with E-state index >= 15 is 0 Å². The molecule has 0 aliphatic carbocycles. The molecule has 1 saturated heterocycles. The Morgan fingerprint density at radius 2 is 1.76 bits per heavy atom. The molecule has 0 amide bonds. The smallest absolute Gasteiger partial charge is 0.475 e. The fourth-order valence-electron chi connectivity index (χ4n) is 4.13. The van der Waals surface area contributed by atoms with Gasteiger partial charge in [0.2, 0.25) is 5.95 Å². The zero-order valence-corrected chi connectivity index (χ0v) is 22.3. The molecular formula is C27H40F3N5O2. The Labute approximate surface area is 218 Å². The number of anilines is 3. The minimum Gasteiger partial charge on any atom is -0.475 e. The molecule has 7 nitrogen and oxygen atoms in total. The van der Waals surface area contributed by atoms with E-state index in [0.717, 1.165) is 36.7 Å². The first-order chi connectivity index (χ1) is 17.5. The third-order valence-corrected chi connectivity index (χ3v) is 6.49. The highest BCUT2D eigenvalue weighted by Gasteiger charge is 2.38. The molecule has 37 heavy (non-hydrogen) atoms. The van der Waals surface area contributed by atoms with Crippen molar-refractivity contribution in [2.24, 2.45) is 0 Å². The van der Waals surface area contributed by atoms with Gasteiger partial charge < -0.3 is 20.2 Å². The van der Waals surface area contributed by atoms with E-state index in [9.17, 15) is 13.2 Å². The average Bonchev–Trinajstić information content (AvgIpc) is 2.86. The number of aromatic nitrogens is 2. The summed E-state index contributed by atoms with van der Waals surface area (Å²) in [6.07, 6.45) is 1.36. The van der Waals surface area contributed by atoms with E-state index in [1.165, 1.54) is 50.9 Å². The van der Waals surface area contributed by atoms with Gasteiger partial charge in [0.25, 0.3) is 0 Å². The van der Waals surface area contributed by atoms with Crippen molar-refractivity contribution in [2.45, 2.75) is 71.9 Å². The van der Waals surface area contributed by atoms with Gasteiger partial charge in [0.15, 0.2) is 0 Å². The van der Waals surface area contributed by atoms with Crippen LogP contribution < -0.4 is 10.2 Å². The van der Waals surface area contributed by atoms with Crippen LogP contribution in [0, 0.1) is 6.92 Å². The van der Waals surface area contributed by atoms with Crippen molar-refractivity contribution < 1.29 is 23.1 Å². The lowest BCUT2D eigenvalue weighted by atomic mass is 9.99. The van der Waals surface area contributed by atoms with Crippen LogP contribution in [0.5, 0.6) is 0 Å². The van der Waals surface area contributed by atoms with Crippen molar-refractivity contribution in [1.29, 1.82) is 0 Å². The maximum Gasteiger partial charge on any atom is 0.490 e. The molecule has 10 heteroatoms. The minimum absolute atomic E-state index is 0.587. The average molecular weight is 524 g/mol. The number of nitrogens with one attached hydrogen (secondary N) is 1. The molecule has 0 bridgehead atoms. The highest BCUT2D eigenvalue weighted by Crippen LogP contribution is 2.23. The highest BCUT2D eigenvalue weighted by molar-refractivity contribution is 5.73. The molecule has 2 N–H and O–H groups in total. The van der Waals surface area contributed by atoms with Gasteiger partial charge in [0.1, 0.15) is 5.82 Å². The van der Waals surface area contributed by atoms with Gasteiger partial charge in [-0.1, -0.05) is 32.4 Å². The lowest BCUT2D eigenvalue weighted by molar-refractivity contribution is -0.192. The van der Waals surface area contributed by atoms with E-state index in [1.54, 1.807) is 0 Å². The van der Waals surface area contributed by atoms with Crippen LogP contribution in [0.4, 0.5) is 30.6 Å². The standard InChI is InChI=1S/C25H39N5.C2HF3O2/c1-5-20(3)22-11-13-23(14-12-22)27-25-26-21(4)19-24(28-25)30(6-2)18-10-17-29-15-8-7-9-16-29;3-2(4,5)1(6)7/h11-14,19-20H,5-10,15-18H2,1-4H3,(H,26,27,28);(H,6,7). The van der Waals surface area contributed by atoms with E-state index in [-0.39, 0.29) is 0 Å². The zero-order chi connectivity index (χ0) is 27.4. The van der Waals surface area contributed by atoms with Crippen molar-refractivity contribution in [1.82, 2.24) is 14.9 Å². The van der Waals surface area contributed by atoms with Gasteiger partial charge in [-0.05, 0) is 82.8 Å². The third-order valence-electron chi connectivity index (χ3n) is 6.49. The molecule has 0 spiro atoms. The maximum absolute atomic E-state index is 10.6. The lowest BCUT2D eigenvalue weighted by Crippen LogP contribution is -2.33. The first-order valence-corrected chi connectivity index (χ1v) is 13.0. The van der Waals surface area contributed by atoms with Crippen LogP contribution in [0.3, 0.4) is 0 Å². The summed E-state index contributed by atoms with van der Waals surface area (Å²) in [4.78, 5) is 23.3. The number of carbonyl (C=O) groups is 1. The van der Waals surface area contributed by atoms with Gasteiger partial charge >= 0.3 is 12.1 Å². The Hall–Kier alpha value is -2.88. The van der Waals surface area contributed by atoms with Crippen LogP contribution in [0.1, 0.15) is 70.1 Å². The molecule has 1 aromatic carbocycles. The van der Waals surface area contributed by atoms with E-state index < -0.39 is 12.1 Å². The van der Waals surface area contributed by atoms with Gasteiger partial charge in [-0.15, -0.1) is 0 Å². The van der Waals surface area contributed by atoms with E-state index in [2.05, 4.69) is 71.2 Å². The number of hydrogen-bond donors (Lipinski definition) is 2. The molecule has 1 aliphatic rings. The molecular weight excluding hydrogens is 483 g/mol. The molecule has 1 unspecified atom stereocenters. The van der Waals surface area contributed by atoms with Crippen LogP contribution in [0.2, 0.25) is 0 Å². The Morgan fingerprint density at radius 1 is 1.14 bits per heavy atom. The largest absolute Gasteiger partial charge is 0.490 e.